The SMILES string of the molecule is [C-]#[N+]c1c(-n2c3ccccc3c3ccccc32)c(-n2c3ccc(C)cc3c3ccc4c5ccccc5sc4c32)c(-n2c3ccccc3c3ccccc32)c(C#N)c1-n1c2ccc(C(C)(C)C)cc2c2ccc3c4ccccc4oc3c21. The van der Waals surface area contributed by atoms with Crippen LogP contribution in [0.1, 0.15) is 37.5 Å². The Balaban J connectivity index is 1.21. The van der Waals surface area contributed by atoms with Gasteiger partial charge >= 0.3 is 0 Å². The molecule has 17 rings (SSSR count). The Hall–Kier alpha value is -10.4. The number of aryl methyl sites for hydroxylation is 1. The number of thiophene rings is 1. The third-order valence-corrected chi connectivity index (χ3v) is 18.4. The van der Waals surface area contributed by atoms with Gasteiger partial charge in [-0.3, -0.25) is 0 Å². The molecule has 0 unspecified atom stereocenters. The summed E-state index contributed by atoms with van der Waals surface area (Å²) in [6, 6.07) is 76.4. The van der Waals surface area contributed by atoms with Gasteiger partial charge in [-0.05, 0) is 84.6 Å². The third kappa shape index (κ3) is 6.04. The first kappa shape index (κ1) is 45.6. The summed E-state index contributed by atoms with van der Waals surface area (Å²) >= 11 is 1.79. The van der Waals surface area contributed by atoms with Crippen LogP contribution in [-0.4, -0.2) is 18.3 Å². The van der Waals surface area contributed by atoms with Crippen molar-refractivity contribution in [1.29, 1.82) is 5.26 Å². The molecule has 0 N–H and O–H groups in total. The van der Waals surface area contributed by atoms with E-state index in [1.54, 1.807) is 11.3 Å². The first-order chi connectivity index (χ1) is 39.7. The van der Waals surface area contributed by atoms with E-state index >= 15 is 0 Å². The fraction of sp³-hybridized carbons (Fsp3) is 0.0685. The zero-order valence-corrected chi connectivity index (χ0v) is 45.4. The quantitative estimate of drug-likeness (QED) is 0.165. The lowest BCUT2D eigenvalue weighted by molar-refractivity contribution is 0.591. The largest absolute Gasteiger partial charge is 0.454 e. The van der Waals surface area contributed by atoms with Gasteiger partial charge in [-0.25, -0.2) is 4.85 Å². The van der Waals surface area contributed by atoms with Gasteiger partial charge in [0.05, 0.1) is 83.7 Å². The minimum atomic E-state index is -0.179. The summed E-state index contributed by atoms with van der Waals surface area (Å²) in [6.07, 6.45) is 0. The van der Waals surface area contributed by atoms with Gasteiger partial charge in [-0.1, -0.05) is 166 Å². The summed E-state index contributed by atoms with van der Waals surface area (Å²) in [5, 5.41) is 25.5. The van der Waals surface area contributed by atoms with E-state index in [9.17, 15) is 11.8 Å². The molecule has 0 atom stereocenters. The maximum atomic E-state index is 12.9. The van der Waals surface area contributed by atoms with Crippen LogP contribution in [-0.2, 0) is 5.41 Å². The summed E-state index contributed by atoms with van der Waals surface area (Å²) in [6.45, 7) is 18.9. The maximum absolute atomic E-state index is 12.9. The number of nitrogens with zero attached hydrogens (tertiary/aromatic N) is 6. The lowest BCUT2D eigenvalue weighted by atomic mass is 9.86. The Morgan fingerprint density at radius 3 is 1.56 bits per heavy atom. The number of furan rings is 1. The molecule has 81 heavy (non-hydrogen) atoms. The van der Waals surface area contributed by atoms with Gasteiger partial charge in [-0.2, -0.15) is 5.26 Å². The molecule has 0 bridgehead atoms. The highest BCUT2D eigenvalue weighted by atomic mass is 32.1. The van der Waals surface area contributed by atoms with Crippen LogP contribution in [0.4, 0.5) is 5.69 Å². The number of benzene rings is 11. The van der Waals surface area contributed by atoms with Crippen molar-refractivity contribution in [2.45, 2.75) is 33.1 Å². The Bertz CT molecular complexity index is 5490. The average molecular weight is 1060 g/mol. The highest BCUT2D eigenvalue weighted by molar-refractivity contribution is 7.26. The normalized spacial score (nSPS) is 12.4. The molecule has 0 aliphatic carbocycles. The molecular formula is C73H46N6OS. The van der Waals surface area contributed by atoms with Crippen molar-refractivity contribution in [3.8, 4) is 28.8 Å². The summed E-state index contributed by atoms with van der Waals surface area (Å²) in [5.41, 5.74) is 14.2. The summed E-state index contributed by atoms with van der Waals surface area (Å²) in [4.78, 5) is 4.89. The van der Waals surface area contributed by atoms with Crippen LogP contribution in [0.5, 0.6) is 0 Å². The van der Waals surface area contributed by atoms with Crippen molar-refractivity contribution in [3.05, 3.63) is 234 Å². The lowest BCUT2D eigenvalue weighted by Crippen LogP contribution is -2.15. The number of nitriles is 1. The summed E-state index contributed by atoms with van der Waals surface area (Å²) in [7, 11) is 0. The predicted octanol–water partition coefficient (Wildman–Crippen LogP) is 20.4. The Kier molecular flexibility index (Phi) is 9.21. The number of fused-ring (bicyclic) bond motifs is 20. The summed E-state index contributed by atoms with van der Waals surface area (Å²) < 4.78 is 18.7. The molecule has 7 nitrogen and oxygen atoms in total. The second kappa shape index (κ2) is 16.3. The van der Waals surface area contributed by atoms with Crippen LogP contribution in [0.25, 0.3) is 157 Å². The van der Waals surface area contributed by atoms with Crippen LogP contribution in [0.15, 0.2) is 211 Å². The Labute approximate surface area is 468 Å². The third-order valence-electron chi connectivity index (χ3n) is 17.2. The highest BCUT2D eigenvalue weighted by Crippen LogP contribution is 2.54. The second-order valence-corrected chi connectivity index (χ2v) is 23.7. The van der Waals surface area contributed by atoms with Crippen LogP contribution in [0, 0.1) is 24.8 Å². The van der Waals surface area contributed by atoms with E-state index in [2.05, 4.69) is 246 Å². The summed E-state index contributed by atoms with van der Waals surface area (Å²) in [5.74, 6) is 0. The van der Waals surface area contributed by atoms with Gasteiger partial charge in [0.25, 0.3) is 0 Å². The Morgan fingerprint density at radius 2 is 0.938 bits per heavy atom. The smallest absolute Gasteiger partial charge is 0.237 e. The Morgan fingerprint density at radius 1 is 0.444 bits per heavy atom. The number of para-hydroxylation sites is 5. The van der Waals surface area contributed by atoms with Crippen molar-refractivity contribution in [3.63, 3.8) is 0 Å². The minimum absolute atomic E-state index is 0.179. The average Bonchev–Trinajstić information content (AvgIpc) is 2.43. The van der Waals surface area contributed by atoms with E-state index in [1.807, 2.05) is 12.1 Å². The molecular weight excluding hydrogens is 1010 g/mol. The topological polar surface area (TPSA) is 61.0 Å². The molecule has 17 aromatic rings. The molecule has 0 radical (unpaired) electrons. The highest BCUT2D eigenvalue weighted by Gasteiger charge is 2.36. The van der Waals surface area contributed by atoms with E-state index in [4.69, 9.17) is 9.26 Å². The van der Waals surface area contributed by atoms with E-state index in [-0.39, 0.29) is 5.41 Å². The number of hydrogen-bond donors (Lipinski definition) is 0. The monoisotopic (exact) mass is 1050 g/mol. The van der Waals surface area contributed by atoms with E-state index in [0.717, 1.165) is 125 Å². The van der Waals surface area contributed by atoms with Gasteiger partial charge in [0, 0.05) is 69.3 Å². The molecule has 0 spiro atoms. The zero-order chi connectivity index (χ0) is 54.2. The van der Waals surface area contributed by atoms with Gasteiger partial charge in [0.1, 0.15) is 11.7 Å². The number of rotatable bonds is 4. The van der Waals surface area contributed by atoms with Crippen LogP contribution in [0.3, 0.4) is 0 Å². The first-order valence-corrected chi connectivity index (χ1v) is 28.2. The van der Waals surface area contributed by atoms with Gasteiger partial charge in [-0.15, -0.1) is 11.3 Å². The molecule has 0 amide bonds. The molecule has 11 aromatic carbocycles. The van der Waals surface area contributed by atoms with Crippen molar-refractivity contribution in [1.82, 2.24) is 18.3 Å². The molecule has 380 valence electrons. The molecule has 6 aromatic heterocycles. The van der Waals surface area contributed by atoms with Gasteiger partial charge < -0.3 is 22.7 Å². The molecule has 0 aliphatic heterocycles. The molecule has 0 saturated heterocycles. The fourth-order valence-electron chi connectivity index (χ4n) is 13.7. The maximum Gasteiger partial charge on any atom is 0.237 e. The number of hydrogen-bond acceptors (Lipinski definition) is 3. The van der Waals surface area contributed by atoms with Crippen LogP contribution in [0.2, 0.25) is 0 Å². The van der Waals surface area contributed by atoms with Gasteiger partial charge in [0.2, 0.25) is 5.69 Å². The molecule has 8 heteroatoms. The van der Waals surface area contributed by atoms with Crippen molar-refractivity contribution in [2.24, 2.45) is 0 Å². The van der Waals surface area contributed by atoms with E-state index in [1.165, 1.54) is 15.6 Å². The standard InChI is InChI=1S/C73H46N6OS/c1-41-30-36-60-53(38-41)50-33-35-52-48-23-11-17-29-63(48)81-72(52)68(50)79(60)70-66(76-56-24-12-6-18-43(56)44-19-7-13-25-57(44)76)55(40-74)65(64(75-5)69(70)77-58-26-14-8-20-45(58)46-21-9-15-27-59(46)77)78-61-37-31-42(73(2,3)4)39-54(61)49-32-34-51-47-22-10-16-28-62(47)80-71(51)67(49)78/h6-39H,1-4H3. The first-order valence-electron chi connectivity index (χ1n) is 27.4. The van der Waals surface area contributed by atoms with Crippen LogP contribution >= 0.6 is 11.3 Å². The number of aromatic nitrogens is 4. The molecule has 0 aliphatic rings. The van der Waals surface area contributed by atoms with Crippen molar-refractivity contribution < 1.29 is 4.42 Å². The zero-order valence-electron chi connectivity index (χ0n) is 44.6. The fourth-order valence-corrected chi connectivity index (χ4v) is 14.9. The van der Waals surface area contributed by atoms with Crippen molar-refractivity contribution >= 4 is 146 Å². The second-order valence-electron chi connectivity index (χ2n) is 22.6. The van der Waals surface area contributed by atoms with E-state index < -0.39 is 0 Å². The molecule has 6 heterocycles. The van der Waals surface area contributed by atoms with E-state index in [0.29, 0.717) is 33.9 Å². The van der Waals surface area contributed by atoms with Crippen molar-refractivity contribution in [2.75, 3.05) is 0 Å². The predicted molar refractivity (Wildman–Crippen MR) is 338 cm³/mol. The molecule has 0 fully saturated rings. The lowest BCUT2D eigenvalue weighted by Gasteiger charge is -2.27. The van der Waals surface area contributed by atoms with Crippen LogP contribution < -0.4 is 0 Å². The molecule has 0 saturated carbocycles. The van der Waals surface area contributed by atoms with Gasteiger partial charge in [0.15, 0.2) is 5.58 Å². The minimum Gasteiger partial charge on any atom is -0.454 e.